The van der Waals surface area contributed by atoms with Gasteiger partial charge in [0.2, 0.25) is 29.0 Å². The number of hydrogen-bond donors (Lipinski definition) is 0. The van der Waals surface area contributed by atoms with Crippen molar-refractivity contribution in [2.75, 3.05) is 4.90 Å². The maximum atomic E-state index is 14.6. The number of amides is 2. The van der Waals surface area contributed by atoms with Crippen LogP contribution in [0.2, 0.25) is 5.02 Å². The van der Waals surface area contributed by atoms with E-state index < -0.39 is 52.7 Å². The molecule has 0 bridgehead atoms. The van der Waals surface area contributed by atoms with E-state index in [1.54, 1.807) is 36.4 Å². The van der Waals surface area contributed by atoms with Crippen molar-refractivity contribution in [1.29, 1.82) is 0 Å². The molecule has 3 aliphatic rings. The Kier molecular flexibility index (Phi) is 4.40. The number of fused-ring (bicyclic) bond motifs is 3. The molecule has 0 aromatic heterocycles. The molecule has 8 heteroatoms. The molecule has 6 nitrogen and oxygen atoms in total. The first-order chi connectivity index (χ1) is 16.4. The van der Waals surface area contributed by atoms with E-state index in [9.17, 15) is 23.6 Å². The molecular weight excluding hydrogens is 461 g/mol. The Labute approximate surface area is 197 Å². The molecule has 34 heavy (non-hydrogen) atoms. The Morgan fingerprint density at radius 2 is 1.38 bits per heavy atom. The van der Waals surface area contributed by atoms with Gasteiger partial charge in [0.1, 0.15) is 5.82 Å². The van der Waals surface area contributed by atoms with Gasteiger partial charge in [0, 0.05) is 16.1 Å². The predicted molar refractivity (Wildman–Crippen MR) is 119 cm³/mol. The third-order valence-electron chi connectivity index (χ3n) is 6.81. The van der Waals surface area contributed by atoms with Crippen molar-refractivity contribution in [1.82, 2.24) is 0 Å². The average molecular weight is 476 g/mol. The first-order valence-corrected chi connectivity index (χ1v) is 11.0. The highest BCUT2D eigenvalue weighted by Crippen LogP contribution is 2.57. The van der Waals surface area contributed by atoms with Crippen LogP contribution < -0.4 is 4.90 Å². The number of ketones is 2. The largest absolute Gasteiger partial charge is 0.349 e. The highest BCUT2D eigenvalue weighted by Gasteiger charge is 2.74. The molecule has 2 amide bonds. The molecule has 0 N–H and O–H groups in total. The van der Waals surface area contributed by atoms with E-state index in [2.05, 4.69) is 0 Å². The fourth-order valence-corrected chi connectivity index (χ4v) is 5.47. The maximum absolute atomic E-state index is 14.6. The molecule has 0 unspecified atom stereocenters. The normalized spacial score (nSPS) is 24.8. The van der Waals surface area contributed by atoms with Crippen LogP contribution >= 0.6 is 11.6 Å². The maximum Gasteiger partial charge on any atom is 0.241 e. The van der Waals surface area contributed by atoms with Crippen LogP contribution in [0.15, 0.2) is 72.8 Å². The second-order valence-electron chi connectivity index (χ2n) is 8.50. The minimum absolute atomic E-state index is 0.132. The molecule has 168 valence electrons. The molecule has 2 heterocycles. The summed E-state index contributed by atoms with van der Waals surface area (Å²) in [6.45, 7) is 0. The van der Waals surface area contributed by atoms with Crippen molar-refractivity contribution >= 4 is 40.7 Å². The van der Waals surface area contributed by atoms with E-state index in [-0.39, 0.29) is 16.8 Å². The van der Waals surface area contributed by atoms with Crippen LogP contribution in [0.3, 0.4) is 0 Å². The third kappa shape index (κ3) is 2.53. The number of Topliss-reactive ketones (excluding diaryl/α,β-unsaturated/α-hetero) is 2. The van der Waals surface area contributed by atoms with Gasteiger partial charge in [-0.3, -0.25) is 19.2 Å². The van der Waals surface area contributed by atoms with Crippen LogP contribution in [0.4, 0.5) is 10.1 Å². The van der Waals surface area contributed by atoms with Crippen LogP contribution in [0.1, 0.15) is 32.4 Å². The van der Waals surface area contributed by atoms with Crippen LogP contribution in [0, 0.1) is 17.7 Å². The van der Waals surface area contributed by atoms with Crippen LogP contribution in [0.5, 0.6) is 0 Å². The average Bonchev–Trinajstić information content (AvgIpc) is 3.40. The molecule has 3 aromatic rings. The van der Waals surface area contributed by atoms with Crippen LogP contribution in [0.25, 0.3) is 0 Å². The van der Waals surface area contributed by atoms with E-state index in [1.807, 2.05) is 0 Å². The number of ether oxygens (including phenoxy) is 1. The summed E-state index contributed by atoms with van der Waals surface area (Å²) in [5.74, 6) is -6.32. The lowest BCUT2D eigenvalue weighted by Crippen LogP contribution is -2.51. The monoisotopic (exact) mass is 475 g/mol. The lowest BCUT2D eigenvalue weighted by molar-refractivity contribution is -0.127. The van der Waals surface area contributed by atoms with Crippen molar-refractivity contribution in [3.63, 3.8) is 0 Å². The number of hydrogen-bond acceptors (Lipinski definition) is 5. The van der Waals surface area contributed by atoms with Crippen molar-refractivity contribution in [2.24, 2.45) is 11.8 Å². The molecule has 2 fully saturated rings. The Bertz CT molecular complexity index is 1380. The summed E-state index contributed by atoms with van der Waals surface area (Å²) in [6.07, 6.45) is -1.09. The van der Waals surface area contributed by atoms with Crippen molar-refractivity contribution in [3.8, 4) is 0 Å². The van der Waals surface area contributed by atoms with Crippen molar-refractivity contribution in [2.45, 2.75) is 11.7 Å². The lowest BCUT2D eigenvalue weighted by atomic mass is 9.77. The number of carbonyl (C=O) groups excluding carboxylic acids is 4. The summed E-state index contributed by atoms with van der Waals surface area (Å²) in [6, 6.07) is 18.0. The summed E-state index contributed by atoms with van der Waals surface area (Å²) in [5, 5.41) is 0.440. The number of benzene rings is 3. The van der Waals surface area contributed by atoms with Gasteiger partial charge in [0.25, 0.3) is 0 Å². The fourth-order valence-electron chi connectivity index (χ4n) is 5.34. The van der Waals surface area contributed by atoms with Gasteiger partial charge in [-0.15, -0.1) is 0 Å². The zero-order chi connectivity index (χ0) is 23.8. The molecule has 0 radical (unpaired) electrons. The highest BCUT2D eigenvalue weighted by atomic mass is 35.5. The number of para-hydroxylation sites is 1. The standard InChI is InChI=1S/C26H15ClFNO5/c27-14-11-9-13(10-12-14)21-19-20(25(33)29(24(19)32)18-8-4-3-7-17(18)28)26(34-21)22(30)15-5-1-2-6-16(15)23(26)31/h1-12,19-21H/t19-,20-,21+/m0/s1. The quantitative estimate of drug-likeness (QED) is 0.410. The van der Waals surface area contributed by atoms with Crippen LogP contribution in [-0.2, 0) is 14.3 Å². The Morgan fingerprint density at radius 3 is 2.00 bits per heavy atom. The second kappa shape index (κ2) is 7.16. The number of imide groups is 1. The Hall–Kier alpha value is -3.68. The van der Waals surface area contributed by atoms with Gasteiger partial charge in [0.05, 0.1) is 23.6 Å². The molecule has 1 aliphatic carbocycles. The van der Waals surface area contributed by atoms with Gasteiger partial charge in [0.15, 0.2) is 0 Å². The van der Waals surface area contributed by atoms with Crippen LogP contribution in [-0.4, -0.2) is 29.0 Å². The van der Waals surface area contributed by atoms with Gasteiger partial charge in [-0.05, 0) is 29.8 Å². The smallest absolute Gasteiger partial charge is 0.241 e. The summed E-state index contributed by atoms with van der Waals surface area (Å²) in [7, 11) is 0. The fraction of sp³-hybridized carbons (Fsp3) is 0.154. The summed E-state index contributed by atoms with van der Waals surface area (Å²) < 4.78 is 20.8. The van der Waals surface area contributed by atoms with E-state index in [0.717, 1.165) is 11.0 Å². The van der Waals surface area contributed by atoms with Gasteiger partial charge in [-0.2, -0.15) is 0 Å². The van der Waals surface area contributed by atoms with E-state index in [1.165, 1.54) is 30.3 Å². The second-order valence-corrected chi connectivity index (χ2v) is 8.93. The van der Waals surface area contributed by atoms with Crippen molar-refractivity contribution in [3.05, 3.63) is 100 Å². The third-order valence-corrected chi connectivity index (χ3v) is 7.06. The Balaban J connectivity index is 1.56. The minimum Gasteiger partial charge on any atom is -0.349 e. The Morgan fingerprint density at radius 1 is 0.794 bits per heavy atom. The first-order valence-electron chi connectivity index (χ1n) is 10.6. The predicted octanol–water partition coefficient (Wildman–Crippen LogP) is 4.17. The lowest BCUT2D eigenvalue weighted by Gasteiger charge is -2.27. The number of rotatable bonds is 2. The van der Waals surface area contributed by atoms with E-state index in [0.29, 0.717) is 10.6 Å². The molecule has 3 aromatic carbocycles. The molecule has 3 atom stereocenters. The summed E-state index contributed by atoms with van der Waals surface area (Å²) in [4.78, 5) is 55.4. The highest BCUT2D eigenvalue weighted by molar-refractivity contribution is 6.37. The first kappa shape index (κ1) is 20.9. The zero-order valence-corrected chi connectivity index (χ0v) is 18.2. The summed E-state index contributed by atoms with van der Waals surface area (Å²) in [5.41, 5.74) is -1.69. The molecule has 2 saturated heterocycles. The van der Waals surface area contributed by atoms with Gasteiger partial charge in [-0.25, -0.2) is 9.29 Å². The minimum atomic E-state index is -2.20. The number of anilines is 1. The topological polar surface area (TPSA) is 80.8 Å². The molecule has 2 aliphatic heterocycles. The van der Waals surface area contributed by atoms with Crippen molar-refractivity contribution < 1.29 is 28.3 Å². The number of halogens is 2. The van der Waals surface area contributed by atoms with E-state index >= 15 is 0 Å². The zero-order valence-electron chi connectivity index (χ0n) is 17.4. The van der Waals surface area contributed by atoms with Gasteiger partial charge < -0.3 is 4.74 Å². The molecule has 0 saturated carbocycles. The SMILES string of the molecule is O=C1[C@@H]2[C@@H](c3ccc(Cl)cc3)OC3(C(=O)c4ccccc4C3=O)[C@@H]2C(=O)N1c1ccccc1F. The molecular formula is C26H15ClFNO5. The molecule has 6 rings (SSSR count). The van der Waals surface area contributed by atoms with E-state index in [4.69, 9.17) is 16.3 Å². The molecule has 1 spiro atoms. The van der Waals surface area contributed by atoms with Gasteiger partial charge >= 0.3 is 0 Å². The van der Waals surface area contributed by atoms with Gasteiger partial charge in [-0.1, -0.05) is 60.1 Å². The number of nitrogens with zero attached hydrogens (tertiary/aromatic N) is 1. The summed E-state index contributed by atoms with van der Waals surface area (Å²) >= 11 is 6.01. The number of carbonyl (C=O) groups is 4.